The number of nitrogens with zero attached hydrogens (tertiary/aromatic N) is 3. The van der Waals surface area contributed by atoms with E-state index in [-0.39, 0.29) is 11.2 Å². The van der Waals surface area contributed by atoms with Crippen LogP contribution in [-0.2, 0) is 17.9 Å². The van der Waals surface area contributed by atoms with E-state index >= 15 is 0 Å². The smallest absolute Gasteiger partial charge is 0.328 e. The van der Waals surface area contributed by atoms with Gasteiger partial charge in [-0.15, -0.1) is 0 Å². The molecule has 33 heavy (non-hydrogen) atoms. The summed E-state index contributed by atoms with van der Waals surface area (Å²) in [7, 11) is 1.68. The topological polar surface area (TPSA) is 89.0 Å². The fraction of sp³-hybridized carbons (Fsp3) is 0.417. The van der Waals surface area contributed by atoms with E-state index in [1.54, 1.807) is 13.2 Å². The molecule has 2 aromatic carbocycles. The Kier molecular flexibility index (Phi) is 6.06. The van der Waals surface area contributed by atoms with Crippen molar-refractivity contribution in [1.82, 2.24) is 14.5 Å². The zero-order valence-electron chi connectivity index (χ0n) is 18.7. The number of nitrogens with one attached hydrogen (secondary N) is 1. The van der Waals surface area contributed by atoms with Gasteiger partial charge < -0.3 is 19.5 Å². The van der Waals surface area contributed by atoms with Crippen LogP contribution in [0.15, 0.2) is 46.0 Å². The molecule has 0 unspecified atom stereocenters. The van der Waals surface area contributed by atoms with Gasteiger partial charge in [-0.3, -0.25) is 14.3 Å². The quantitative estimate of drug-likeness (QED) is 0.591. The molecule has 0 saturated carbocycles. The molecular formula is C24H28N4O5. The SMILES string of the molecule is COc1ccccc1N1CCN(CCn2c(=O)[nH]c3cc4c(cc3c2=O)OOCCC4)CC1. The molecule has 9 nitrogen and oxygen atoms in total. The molecule has 5 rings (SSSR count). The third-order valence-corrected chi connectivity index (χ3v) is 6.42. The van der Waals surface area contributed by atoms with Crippen LogP contribution in [0.1, 0.15) is 12.0 Å². The van der Waals surface area contributed by atoms with Crippen molar-refractivity contribution in [3.63, 3.8) is 0 Å². The summed E-state index contributed by atoms with van der Waals surface area (Å²) in [5.74, 6) is 1.41. The van der Waals surface area contributed by atoms with Gasteiger partial charge in [-0.05, 0) is 37.1 Å². The first kappa shape index (κ1) is 21.5. The maximum atomic E-state index is 13.1. The summed E-state index contributed by atoms with van der Waals surface area (Å²) >= 11 is 0. The largest absolute Gasteiger partial charge is 0.495 e. The summed E-state index contributed by atoms with van der Waals surface area (Å²) in [5.41, 5.74) is 1.87. The minimum absolute atomic E-state index is 0.308. The van der Waals surface area contributed by atoms with Crippen LogP contribution >= 0.6 is 0 Å². The molecule has 1 N–H and O–H groups in total. The monoisotopic (exact) mass is 452 g/mol. The zero-order valence-corrected chi connectivity index (χ0v) is 18.7. The van der Waals surface area contributed by atoms with E-state index in [4.69, 9.17) is 14.5 Å². The summed E-state index contributed by atoms with van der Waals surface area (Å²) in [4.78, 5) is 43.7. The van der Waals surface area contributed by atoms with Gasteiger partial charge in [0.05, 0.1) is 30.3 Å². The zero-order chi connectivity index (χ0) is 22.8. The van der Waals surface area contributed by atoms with Crippen molar-refractivity contribution < 1.29 is 14.5 Å². The third-order valence-electron chi connectivity index (χ3n) is 6.42. The van der Waals surface area contributed by atoms with Crippen molar-refractivity contribution in [2.24, 2.45) is 0 Å². The number of ether oxygens (including phenoxy) is 1. The number of H-pyrrole nitrogens is 1. The average molecular weight is 453 g/mol. The molecule has 9 heteroatoms. The molecule has 0 amide bonds. The first-order valence-electron chi connectivity index (χ1n) is 11.3. The summed E-state index contributed by atoms with van der Waals surface area (Å²) < 4.78 is 6.76. The number of anilines is 1. The molecule has 3 aromatic rings. The Morgan fingerprint density at radius 3 is 2.70 bits per heavy atom. The molecule has 3 heterocycles. The van der Waals surface area contributed by atoms with E-state index in [0.717, 1.165) is 56.0 Å². The number of aromatic amines is 1. The molecule has 1 fully saturated rings. The van der Waals surface area contributed by atoms with Crippen LogP contribution in [0.3, 0.4) is 0 Å². The molecule has 0 bridgehead atoms. The van der Waals surface area contributed by atoms with Crippen LogP contribution in [0, 0.1) is 0 Å². The fourth-order valence-corrected chi connectivity index (χ4v) is 4.57. The van der Waals surface area contributed by atoms with E-state index in [1.165, 1.54) is 4.57 Å². The Morgan fingerprint density at radius 2 is 1.88 bits per heavy atom. The van der Waals surface area contributed by atoms with Crippen LogP contribution in [0.2, 0.25) is 0 Å². The number of fused-ring (bicyclic) bond motifs is 2. The number of rotatable bonds is 5. The molecule has 1 saturated heterocycles. The van der Waals surface area contributed by atoms with Crippen molar-refractivity contribution in [3.8, 4) is 11.5 Å². The maximum Gasteiger partial charge on any atom is 0.328 e. The van der Waals surface area contributed by atoms with Gasteiger partial charge in [-0.1, -0.05) is 12.1 Å². The molecule has 1 aromatic heterocycles. The number of hydrogen-bond donors (Lipinski definition) is 1. The molecule has 2 aliphatic rings. The summed E-state index contributed by atoms with van der Waals surface area (Å²) in [6.07, 6.45) is 1.60. The Hall–Kier alpha value is -3.30. The van der Waals surface area contributed by atoms with Crippen molar-refractivity contribution in [3.05, 3.63) is 62.8 Å². The maximum absolute atomic E-state index is 13.1. The number of hydrogen-bond acceptors (Lipinski definition) is 7. The van der Waals surface area contributed by atoms with Gasteiger partial charge in [-0.2, -0.15) is 4.89 Å². The molecule has 0 atom stereocenters. The van der Waals surface area contributed by atoms with Gasteiger partial charge in [0.25, 0.3) is 5.56 Å². The van der Waals surface area contributed by atoms with Gasteiger partial charge in [0.15, 0.2) is 5.75 Å². The first-order valence-corrected chi connectivity index (χ1v) is 11.3. The second-order valence-electron chi connectivity index (χ2n) is 8.40. The molecule has 0 radical (unpaired) electrons. The van der Waals surface area contributed by atoms with Gasteiger partial charge in [0.1, 0.15) is 5.75 Å². The first-order chi connectivity index (χ1) is 16.1. The number of piperazine rings is 1. The molecule has 0 aliphatic carbocycles. The standard InChI is InChI=1S/C24H28N4O5/c1-31-21-7-3-2-6-20(21)27-11-8-26(9-12-27)10-13-28-23(29)18-16-22-17(5-4-14-32-33-22)15-19(18)25-24(28)30/h2-3,6-7,15-16H,4-5,8-14H2,1H3,(H,25,30). The lowest BCUT2D eigenvalue weighted by Crippen LogP contribution is -2.48. The molecular weight excluding hydrogens is 424 g/mol. The normalized spacial score (nSPS) is 16.8. The van der Waals surface area contributed by atoms with Crippen LogP contribution in [-0.4, -0.2) is 60.9 Å². The molecule has 2 aliphatic heterocycles. The van der Waals surface area contributed by atoms with Crippen LogP contribution < -0.4 is 25.8 Å². The number of aryl methyl sites for hydroxylation is 1. The lowest BCUT2D eigenvalue weighted by Gasteiger charge is -2.36. The Labute approximate surface area is 191 Å². The summed E-state index contributed by atoms with van der Waals surface area (Å²) in [5, 5.41) is 0.430. The van der Waals surface area contributed by atoms with E-state index in [2.05, 4.69) is 20.9 Å². The van der Waals surface area contributed by atoms with Crippen LogP contribution in [0.25, 0.3) is 10.9 Å². The Balaban J connectivity index is 1.29. The number of methoxy groups -OCH3 is 1. The molecule has 174 valence electrons. The Morgan fingerprint density at radius 1 is 1.06 bits per heavy atom. The second-order valence-corrected chi connectivity index (χ2v) is 8.40. The van der Waals surface area contributed by atoms with Crippen molar-refractivity contribution in [1.29, 1.82) is 0 Å². The third kappa shape index (κ3) is 4.34. The van der Waals surface area contributed by atoms with Crippen LogP contribution in [0.4, 0.5) is 5.69 Å². The highest BCUT2D eigenvalue weighted by Crippen LogP contribution is 2.28. The predicted molar refractivity (Wildman–Crippen MR) is 125 cm³/mol. The van der Waals surface area contributed by atoms with Gasteiger partial charge >= 0.3 is 5.69 Å². The predicted octanol–water partition coefficient (Wildman–Crippen LogP) is 1.78. The second kappa shape index (κ2) is 9.29. The van der Waals surface area contributed by atoms with Crippen LogP contribution in [0.5, 0.6) is 11.5 Å². The fourth-order valence-electron chi connectivity index (χ4n) is 4.57. The van der Waals surface area contributed by atoms with Gasteiger partial charge in [0, 0.05) is 44.8 Å². The number of para-hydroxylation sites is 2. The highest BCUT2D eigenvalue weighted by Gasteiger charge is 2.20. The molecule has 0 spiro atoms. The van der Waals surface area contributed by atoms with E-state index in [9.17, 15) is 9.59 Å². The highest BCUT2D eigenvalue weighted by atomic mass is 17.2. The number of benzene rings is 2. The number of aromatic nitrogens is 2. The van der Waals surface area contributed by atoms with E-state index < -0.39 is 0 Å². The van der Waals surface area contributed by atoms with Crippen molar-refractivity contribution >= 4 is 16.6 Å². The van der Waals surface area contributed by atoms with Gasteiger partial charge in [-0.25, -0.2) is 4.79 Å². The van der Waals surface area contributed by atoms with E-state index in [0.29, 0.717) is 36.3 Å². The average Bonchev–Trinajstić information content (AvgIpc) is 3.08. The minimum atomic E-state index is -0.383. The van der Waals surface area contributed by atoms with Crippen molar-refractivity contribution in [2.45, 2.75) is 19.4 Å². The Bertz CT molecular complexity index is 1260. The lowest BCUT2D eigenvalue weighted by molar-refractivity contribution is -0.203. The van der Waals surface area contributed by atoms with Gasteiger partial charge in [0.2, 0.25) is 0 Å². The summed E-state index contributed by atoms with van der Waals surface area (Å²) in [6.45, 7) is 4.84. The van der Waals surface area contributed by atoms with E-state index in [1.807, 2.05) is 24.3 Å². The summed E-state index contributed by atoms with van der Waals surface area (Å²) in [6, 6.07) is 11.5. The van der Waals surface area contributed by atoms with Crippen molar-refractivity contribution in [2.75, 3.05) is 51.3 Å². The highest BCUT2D eigenvalue weighted by molar-refractivity contribution is 5.80. The minimum Gasteiger partial charge on any atom is -0.495 e. The lowest BCUT2D eigenvalue weighted by atomic mass is 10.1.